The molecule has 2 aromatic heterocycles. The lowest BCUT2D eigenvalue weighted by atomic mass is 9.75. The highest BCUT2D eigenvalue weighted by molar-refractivity contribution is 5.92. The fraction of sp³-hybridized carbons (Fsp3) is 0.536. The molecular weight excluding hydrogens is 500 g/mol. The van der Waals surface area contributed by atoms with Gasteiger partial charge in [-0.3, -0.25) is 0 Å². The number of esters is 1. The smallest absolute Gasteiger partial charge is 0.407 e. The number of morpholine rings is 1. The van der Waals surface area contributed by atoms with Gasteiger partial charge in [0.25, 0.3) is 5.78 Å². The SMILES string of the molecule is CCOC(=O)c1nn2cc(CC3(NC(=O)OCc4ccccc4)CCC(C)CC3)nc2nc1N1CCOCC1. The summed E-state index contributed by atoms with van der Waals surface area (Å²) in [5, 5.41) is 7.74. The van der Waals surface area contributed by atoms with Crippen LogP contribution >= 0.6 is 0 Å². The van der Waals surface area contributed by atoms with Crippen molar-refractivity contribution in [2.75, 3.05) is 37.8 Å². The van der Waals surface area contributed by atoms with Crippen LogP contribution < -0.4 is 10.2 Å². The minimum Gasteiger partial charge on any atom is -0.461 e. The molecule has 1 aliphatic carbocycles. The second-order valence-corrected chi connectivity index (χ2v) is 10.4. The number of carbonyl (C=O) groups is 2. The van der Waals surface area contributed by atoms with Crippen LogP contribution in [0.4, 0.5) is 10.6 Å². The van der Waals surface area contributed by atoms with Gasteiger partial charge in [0.05, 0.1) is 31.7 Å². The van der Waals surface area contributed by atoms with Crippen molar-refractivity contribution in [3.8, 4) is 0 Å². The van der Waals surface area contributed by atoms with Crippen molar-refractivity contribution in [2.45, 2.75) is 58.1 Å². The molecule has 2 aliphatic rings. The third-order valence-electron chi connectivity index (χ3n) is 7.46. The number of carbonyl (C=O) groups excluding carboxylic acids is 2. The summed E-state index contributed by atoms with van der Waals surface area (Å²) in [6.45, 7) is 6.73. The van der Waals surface area contributed by atoms with Crippen molar-refractivity contribution in [2.24, 2.45) is 5.92 Å². The Labute approximate surface area is 227 Å². The van der Waals surface area contributed by atoms with Gasteiger partial charge in [0.1, 0.15) is 6.61 Å². The molecular formula is C28H36N6O5. The van der Waals surface area contributed by atoms with Crippen LogP contribution in [0.5, 0.6) is 0 Å². The number of amides is 1. The summed E-state index contributed by atoms with van der Waals surface area (Å²) in [7, 11) is 0. The Bertz CT molecular complexity index is 1280. The zero-order valence-electron chi connectivity index (χ0n) is 22.6. The molecule has 208 valence electrons. The van der Waals surface area contributed by atoms with E-state index in [9.17, 15) is 9.59 Å². The molecule has 39 heavy (non-hydrogen) atoms. The van der Waals surface area contributed by atoms with Gasteiger partial charge in [-0.25, -0.2) is 19.1 Å². The van der Waals surface area contributed by atoms with Gasteiger partial charge >= 0.3 is 12.1 Å². The topological polar surface area (TPSA) is 120 Å². The van der Waals surface area contributed by atoms with Gasteiger partial charge in [-0.2, -0.15) is 10.1 Å². The first-order chi connectivity index (χ1) is 18.9. The van der Waals surface area contributed by atoms with Crippen LogP contribution in [0.3, 0.4) is 0 Å². The van der Waals surface area contributed by atoms with Gasteiger partial charge in [-0.15, -0.1) is 0 Å². The first-order valence-corrected chi connectivity index (χ1v) is 13.7. The zero-order chi connectivity index (χ0) is 27.2. The van der Waals surface area contributed by atoms with Gasteiger partial charge < -0.3 is 24.4 Å². The Morgan fingerprint density at radius 3 is 2.56 bits per heavy atom. The average Bonchev–Trinajstić information content (AvgIpc) is 3.35. The lowest BCUT2D eigenvalue weighted by molar-refractivity contribution is 0.0516. The minimum absolute atomic E-state index is 0.152. The van der Waals surface area contributed by atoms with Crippen molar-refractivity contribution in [3.63, 3.8) is 0 Å². The number of fused-ring (bicyclic) bond motifs is 1. The number of rotatable bonds is 8. The highest BCUT2D eigenvalue weighted by atomic mass is 16.5. The Morgan fingerprint density at radius 1 is 1.10 bits per heavy atom. The van der Waals surface area contributed by atoms with Crippen molar-refractivity contribution < 1.29 is 23.8 Å². The van der Waals surface area contributed by atoms with E-state index in [4.69, 9.17) is 24.2 Å². The van der Waals surface area contributed by atoms with E-state index >= 15 is 0 Å². The number of ether oxygens (including phenoxy) is 3. The number of nitrogens with one attached hydrogen (secondary N) is 1. The third kappa shape index (κ3) is 6.47. The highest BCUT2D eigenvalue weighted by Gasteiger charge is 2.37. The maximum Gasteiger partial charge on any atom is 0.407 e. The minimum atomic E-state index is -0.524. The standard InChI is InChI=1S/C28H36N6O5/c1-3-38-25(35)23-24(33-13-15-37-16-14-33)30-26-29-22(18-34(26)32-23)17-28(11-9-20(2)10-12-28)31-27(36)39-19-21-7-5-4-6-8-21/h4-8,18,20H,3,9-17,19H2,1-2H3,(H,31,36). The zero-order valence-corrected chi connectivity index (χ0v) is 22.6. The van der Waals surface area contributed by atoms with Crippen LogP contribution in [-0.4, -0.2) is 70.1 Å². The molecule has 11 heteroatoms. The van der Waals surface area contributed by atoms with E-state index in [2.05, 4.69) is 17.3 Å². The number of aromatic nitrogens is 4. The maximum atomic E-state index is 12.9. The van der Waals surface area contributed by atoms with E-state index in [-0.39, 0.29) is 18.9 Å². The largest absolute Gasteiger partial charge is 0.461 e. The molecule has 2 fully saturated rings. The van der Waals surface area contributed by atoms with Crippen LogP contribution in [0.2, 0.25) is 0 Å². The molecule has 1 saturated heterocycles. The number of benzene rings is 1. The van der Waals surface area contributed by atoms with Crippen LogP contribution in [-0.2, 0) is 27.2 Å². The fourth-order valence-corrected chi connectivity index (χ4v) is 5.25. The van der Waals surface area contributed by atoms with Crippen LogP contribution in [0.15, 0.2) is 36.5 Å². The molecule has 11 nitrogen and oxygen atoms in total. The lowest BCUT2D eigenvalue weighted by Gasteiger charge is -2.39. The van der Waals surface area contributed by atoms with Gasteiger partial charge in [0.2, 0.25) is 5.69 Å². The molecule has 3 aromatic rings. The average molecular weight is 537 g/mol. The predicted molar refractivity (Wildman–Crippen MR) is 144 cm³/mol. The van der Waals surface area contributed by atoms with Gasteiger partial charge in [-0.05, 0) is 44.1 Å². The van der Waals surface area contributed by atoms with E-state index in [1.165, 1.54) is 4.52 Å². The summed E-state index contributed by atoms with van der Waals surface area (Å²) < 4.78 is 17.8. The van der Waals surface area contributed by atoms with Gasteiger partial charge in [-0.1, -0.05) is 37.3 Å². The number of anilines is 1. The van der Waals surface area contributed by atoms with E-state index in [1.807, 2.05) is 35.2 Å². The summed E-state index contributed by atoms with van der Waals surface area (Å²) >= 11 is 0. The van der Waals surface area contributed by atoms with Crippen molar-refractivity contribution in [1.82, 2.24) is 24.9 Å². The molecule has 1 N–H and O–H groups in total. The van der Waals surface area contributed by atoms with Gasteiger partial charge in [0, 0.05) is 25.0 Å². The fourth-order valence-electron chi connectivity index (χ4n) is 5.25. The normalized spacial score (nSPS) is 21.5. The number of hydrogen-bond donors (Lipinski definition) is 1. The number of imidazole rings is 1. The van der Waals surface area contributed by atoms with Crippen molar-refractivity contribution in [1.29, 1.82) is 0 Å². The summed E-state index contributed by atoms with van der Waals surface area (Å²) in [5.74, 6) is 0.910. The molecule has 0 radical (unpaired) electrons. The molecule has 0 unspecified atom stereocenters. The second kappa shape index (κ2) is 12.0. The van der Waals surface area contributed by atoms with E-state index in [1.54, 1.807) is 13.1 Å². The summed E-state index contributed by atoms with van der Waals surface area (Å²) in [5.41, 5.74) is 1.33. The Hall–Kier alpha value is -3.73. The van der Waals surface area contributed by atoms with Crippen LogP contribution in [0.1, 0.15) is 61.3 Å². The lowest BCUT2D eigenvalue weighted by Crippen LogP contribution is -2.52. The van der Waals surface area contributed by atoms with E-state index in [0.29, 0.717) is 50.2 Å². The maximum absolute atomic E-state index is 12.9. The monoisotopic (exact) mass is 536 g/mol. The van der Waals surface area contributed by atoms with E-state index < -0.39 is 17.6 Å². The van der Waals surface area contributed by atoms with Crippen molar-refractivity contribution >= 4 is 23.7 Å². The predicted octanol–water partition coefficient (Wildman–Crippen LogP) is 3.56. The molecule has 0 bridgehead atoms. The van der Waals surface area contributed by atoms with Crippen LogP contribution in [0, 0.1) is 5.92 Å². The summed E-state index contributed by atoms with van der Waals surface area (Å²) in [4.78, 5) is 37.1. The quantitative estimate of drug-likeness (QED) is 0.431. The first-order valence-electron chi connectivity index (χ1n) is 13.7. The highest BCUT2D eigenvalue weighted by Crippen LogP contribution is 2.34. The number of alkyl carbamates (subject to hydrolysis) is 1. The summed E-state index contributed by atoms with van der Waals surface area (Å²) in [6, 6.07) is 9.63. The molecule has 3 heterocycles. The molecule has 1 amide bonds. The van der Waals surface area contributed by atoms with Crippen LogP contribution in [0.25, 0.3) is 5.78 Å². The number of nitrogens with zero attached hydrogens (tertiary/aromatic N) is 5. The molecule has 0 spiro atoms. The van der Waals surface area contributed by atoms with Crippen molar-refractivity contribution in [3.05, 3.63) is 53.5 Å². The Kier molecular flexibility index (Phi) is 8.25. The summed E-state index contributed by atoms with van der Waals surface area (Å²) in [6.07, 6.45) is 5.48. The third-order valence-corrected chi connectivity index (χ3v) is 7.46. The second-order valence-electron chi connectivity index (χ2n) is 10.4. The Morgan fingerprint density at radius 2 is 1.85 bits per heavy atom. The van der Waals surface area contributed by atoms with E-state index in [0.717, 1.165) is 36.9 Å². The molecule has 1 aliphatic heterocycles. The Balaban J connectivity index is 1.38. The first kappa shape index (κ1) is 26.9. The molecule has 5 rings (SSSR count). The number of hydrogen-bond acceptors (Lipinski definition) is 9. The molecule has 1 saturated carbocycles. The molecule has 0 atom stereocenters. The van der Waals surface area contributed by atoms with Gasteiger partial charge in [0.15, 0.2) is 5.82 Å². The molecule has 1 aromatic carbocycles.